The van der Waals surface area contributed by atoms with Crippen molar-refractivity contribution >= 4 is 5.91 Å². The predicted octanol–water partition coefficient (Wildman–Crippen LogP) is 0.142. The van der Waals surface area contributed by atoms with E-state index in [1.807, 2.05) is 0 Å². The third kappa shape index (κ3) is 1.88. The van der Waals surface area contributed by atoms with Crippen LogP contribution in [0.3, 0.4) is 0 Å². The molecule has 1 N–H and O–H groups in total. The molecule has 0 bridgehead atoms. The molecule has 1 amide bonds. The van der Waals surface area contributed by atoms with Crippen LogP contribution in [0.25, 0.3) is 0 Å². The molecule has 1 aliphatic rings. The number of nitrogens with zero attached hydrogens (tertiary/aromatic N) is 1. The second-order valence-electron chi connectivity index (χ2n) is 2.69. The zero-order valence-corrected chi connectivity index (χ0v) is 6.14. The van der Waals surface area contributed by atoms with Gasteiger partial charge in [0.2, 0.25) is 0 Å². The lowest BCUT2D eigenvalue weighted by atomic mass is 10.3. The van der Waals surface area contributed by atoms with E-state index in [1.54, 1.807) is 0 Å². The molecule has 0 saturated carbocycles. The summed E-state index contributed by atoms with van der Waals surface area (Å²) >= 11 is 0. The first kappa shape index (κ1) is 9.31. The number of hydrogen-bond donors (Lipinski definition) is 1. The van der Waals surface area contributed by atoms with E-state index in [1.165, 1.54) is 0 Å². The summed E-state index contributed by atoms with van der Waals surface area (Å²) in [5, 5.41) is 8.85. The second kappa shape index (κ2) is 2.93. The van der Waals surface area contributed by atoms with E-state index in [9.17, 15) is 18.0 Å². The average Bonchev–Trinajstić information content (AvgIpc) is 2.32. The summed E-state index contributed by atoms with van der Waals surface area (Å²) in [7, 11) is 0. The van der Waals surface area contributed by atoms with Gasteiger partial charge in [-0.3, -0.25) is 4.79 Å². The van der Waals surface area contributed by atoms with Gasteiger partial charge in [-0.05, 0) is 6.42 Å². The quantitative estimate of drug-likeness (QED) is 0.580. The number of aliphatic hydroxyl groups is 1. The fourth-order valence-corrected chi connectivity index (χ4v) is 1.11. The Balaban J connectivity index is 2.55. The Morgan fingerprint density at radius 2 is 2.08 bits per heavy atom. The minimum Gasteiger partial charge on any atom is -0.391 e. The minimum atomic E-state index is -4.82. The lowest BCUT2D eigenvalue weighted by Gasteiger charge is -2.16. The van der Waals surface area contributed by atoms with Crippen LogP contribution in [-0.2, 0) is 4.79 Å². The molecule has 12 heavy (non-hydrogen) atoms. The van der Waals surface area contributed by atoms with Crippen LogP contribution in [0.5, 0.6) is 0 Å². The maximum Gasteiger partial charge on any atom is 0.471 e. The summed E-state index contributed by atoms with van der Waals surface area (Å²) in [6.45, 7) is -0.224. The average molecular weight is 183 g/mol. The number of aliphatic hydroxyl groups excluding tert-OH is 1. The van der Waals surface area contributed by atoms with E-state index in [2.05, 4.69) is 0 Å². The molecule has 70 valence electrons. The summed E-state index contributed by atoms with van der Waals surface area (Å²) in [4.78, 5) is 11.1. The summed E-state index contributed by atoms with van der Waals surface area (Å²) < 4.78 is 35.3. The number of hydrogen-bond acceptors (Lipinski definition) is 2. The Kier molecular flexibility index (Phi) is 2.27. The molecule has 0 unspecified atom stereocenters. The lowest BCUT2D eigenvalue weighted by molar-refractivity contribution is -0.184. The van der Waals surface area contributed by atoms with Crippen molar-refractivity contribution in [1.29, 1.82) is 0 Å². The number of carbonyl (C=O) groups is 1. The normalized spacial score (nSPS) is 24.7. The molecular weight excluding hydrogens is 175 g/mol. The molecule has 1 saturated heterocycles. The van der Waals surface area contributed by atoms with Crippen LogP contribution in [0, 0.1) is 0 Å². The van der Waals surface area contributed by atoms with Gasteiger partial charge < -0.3 is 10.0 Å². The summed E-state index contributed by atoms with van der Waals surface area (Å²) in [5.41, 5.74) is 0. The summed E-state index contributed by atoms with van der Waals surface area (Å²) in [6, 6.07) is 0. The molecule has 1 heterocycles. The largest absolute Gasteiger partial charge is 0.471 e. The van der Waals surface area contributed by atoms with Gasteiger partial charge >= 0.3 is 12.1 Å². The van der Waals surface area contributed by atoms with Gasteiger partial charge in [0.05, 0.1) is 6.10 Å². The fraction of sp³-hybridized carbons (Fsp3) is 0.833. The highest BCUT2D eigenvalue weighted by Crippen LogP contribution is 2.21. The van der Waals surface area contributed by atoms with Crippen molar-refractivity contribution in [2.75, 3.05) is 13.1 Å². The number of alkyl halides is 3. The zero-order chi connectivity index (χ0) is 9.35. The Hall–Kier alpha value is -0.780. The molecule has 1 fully saturated rings. The number of likely N-dealkylation sites (tertiary alicyclic amines) is 1. The van der Waals surface area contributed by atoms with Crippen molar-refractivity contribution in [1.82, 2.24) is 4.90 Å². The van der Waals surface area contributed by atoms with Crippen molar-refractivity contribution in [2.45, 2.75) is 18.7 Å². The van der Waals surface area contributed by atoms with Gasteiger partial charge in [-0.15, -0.1) is 0 Å². The molecule has 6 heteroatoms. The third-order valence-electron chi connectivity index (χ3n) is 1.69. The van der Waals surface area contributed by atoms with Gasteiger partial charge in [0.1, 0.15) is 0 Å². The lowest BCUT2D eigenvalue weighted by Crippen LogP contribution is -2.39. The van der Waals surface area contributed by atoms with Crippen LogP contribution in [-0.4, -0.2) is 41.3 Å². The highest BCUT2D eigenvalue weighted by Gasteiger charge is 2.44. The Morgan fingerprint density at radius 3 is 2.42 bits per heavy atom. The van der Waals surface area contributed by atoms with Crippen molar-refractivity contribution in [2.24, 2.45) is 0 Å². The van der Waals surface area contributed by atoms with Crippen molar-refractivity contribution < 1.29 is 23.1 Å². The molecule has 0 aliphatic carbocycles. The summed E-state index contributed by atoms with van der Waals surface area (Å²) in [6.07, 6.45) is -5.40. The molecule has 0 aromatic rings. The molecular formula is C6H8F3NO2. The van der Waals surface area contributed by atoms with Crippen molar-refractivity contribution in [3.63, 3.8) is 0 Å². The predicted molar refractivity (Wildman–Crippen MR) is 33.3 cm³/mol. The maximum atomic E-state index is 11.8. The molecule has 0 aromatic heterocycles. The standard InChI is InChI=1S/C6H8F3NO2/c7-6(8,9)5(12)10-2-1-4(11)3-10/h4,11H,1-3H2/t4-/m1/s1. The molecule has 3 nitrogen and oxygen atoms in total. The van der Waals surface area contributed by atoms with Gasteiger partial charge in [0.15, 0.2) is 0 Å². The first-order valence-corrected chi connectivity index (χ1v) is 3.45. The monoisotopic (exact) mass is 183 g/mol. The number of halogens is 3. The van der Waals surface area contributed by atoms with Crippen LogP contribution in [0.15, 0.2) is 0 Å². The maximum absolute atomic E-state index is 11.8. The van der Waals surface area contributed by atoms with E-state index in [4.69, 9.17) is 5.11 Å². The van der Waals surface area contributed by atoms with Crippen molar-refractivity contribution in [3.8, 4) is 0 Å². The van der Waals surface area contributed by atoms with Crippen molar-refractivity contribution in [3.05, 3.63) is 0 Å². The van der Waals surface area contributed by atoms with Gasteiger partial charge in [-0.25, -0.2) is 0 Å². The Bertz CT molecular complexity index is 192. The van der Waals surface area contributed by atoms with Gasteiger partial charge in [0.25, 0.3) is 0 Å². The van der Waals surface area contributed by atoms with Gasteiger partial charge in [0, 0.05) is 13.1 Å². The summed E-state index contributed by atoms with van der Waals surface area (Å²) in [5.74, 6) is -1.86. The number of rotatable bonds is 0. The van der Waals surface area contributed by atoms with E-state index in [-0.39, 0.29) is 19.5 Å². The van der Waals surface area contributed by atoms with Gasteiger partial charge in [-0.2, -0.15) is 13.2 Å². The molecule has 1 aliphatic heterocycles. The van der Waals surface area contributed by atoms with Crippen LogP contribution >= 0.6 is 0 Å². The SMILES string of the molecule is O=C(N1CC[C@@H](O)C1)C(F)(F)F. The Labute approximate surface area is 66.8 Å². The van der Waals surface area contributed by atoms with Crippen LogP contribution in [0.2, 0.25) is 0 Å². The third-order valence-corrected chi connectivity index (χ3v) is 1.69. The molecule has 0 aromatic carbocycles. The van der Waals surface area contributed by atoms with E-state index in [0.29, 0.717) is 4.90 Å². The highest BCUT2D eigenvalue weighted by molar-refractivity contribution is 5.82. The first-order chi connectivity index (χ1) is 5.41. The van der Waals surface area contributed by atoms with E-state index < -0.39 is 18.2 Å². The van der Waals surface area contributed by atoms with Crippen LogP contribution < -0.4 is 0 Å². The zero-order valence-electron chi connectivity index (χ0n) is 6.14. The molecule has 1 atom stereocenters. The number of amides is 1. The van der Waals surface area contributed by atoms with Crippen LogP contribution in [0.4, 0.5) is 13.2 Å². The number of carbonyl (C=O) groups excluding carboxylic acids is 1. The first-order valence-electron chi connectivity index (χ1n) is 3.45. The fourth-order valence-electron chi connectivity index (χ4n) is 1.11. The van der Waals surface area contributed by atoms with Gasteiger partial charge in [-0.1, -0.05) is 0 Å². The topological polar surface area (TPSA) is 40.5 Å². The smallest absolute Gasteiger partial charge is 0.391 e. The van der Waals surface area contributed by atoms with E-state index in [0.717, 1.165) is 0 Å². The second-order valence-corrected chi connectivity index (χ2v) is 2.69. The Morgan fingerprint density at radius 1 is 1.50 bits per heavy atom. The molecule has 1 rings (SSSR count). The van der Waals surface area contributed by atoms with Crippen LogP contribution in [0.1, 0.15) is 6.42 Å². The highest BCUT2D eigenvalue weighted by atomic mass is 19.4. The molecule has 0 spiro atoms. The van der Waals surface area contributed by atoms with E-state index >= 15 is 0 Å². The molecule has 0 radical (unpaired) electrons. The number of β-amino-alcohol motifs (C(OH)–C–C–N with tert-alkyl or cyclic N) is 1. The minimum absolute atomic E-state index is 0.0144.